The number of nitrogens with two attached hydrogens (primary N) is 1. The van der Waals surface area contributed by atoms with Crippen LogP contribution in [0.1, 0.15) is 38.2 Å². The lowest BCUT2D eigenvalue weighted by molar-refractivity contribution is 0.407. The van der Waals surface area contributed by atoms with Crippen LogP contribution >= 0.6 is 0 Å². The van der Waals surface area contributed by atoms with Crippen molar-refractivity contribution >= 4 is 15.7 Å². The molecule has 0 saturated carbocycles. The molecule has 2 N–H and O–H groups in total. The smallest absolute Gasteiger partial charge is 0.218 e. The molecule has 0 aromatic heterocycles. The van der Waals surface area contributed by atoms with Crippen LogP contribution in [0.3, 0.4) is 0 Å². The van der Waals surface area contributed by atoms with E-state index in [1.165, 1.54) is 0 Å². The number of nitrogen functional groups attached to an aromatic ring is 1. The zero-order chi connectivity index (χ0) is 14.6. The third kappa shape index (κ3) is 3.96. The van der Waals surface area contributed by atoms with Gasteiger partial charge < -0.3 is 5.73 Å². The first-order valence-corrected chi connectivity index (χ1v) is 8.94. The van der Waals surface area contributed by atoms with E-state index in [2.05, 4.69) is 6.92 Å². The van der Waals surface area contributed by atoms with Gasteiger partial charge in [0.25, 0.3) is 0 Å². The van der Waals surface area contributed by atoms with E-state index >= 15 is 0 Å². The van der Waals surface area contributed by atoms with E-state index in [9.17, 15) is 8.42 Å². The van der Waals surface area contributed by atoms with Crippen molar-refractivity contribution in [1.82, 2.24) is 4.31 Å². The van der Waals surface area contributed by atoms with Crippen molar-refractivity contribution in [3.8, 4) is 0 Å². The number of hydrogen-bond acceptors (Lipinski definition) is 3. The highest BCUT2D eigenvalue weighted by molar-refractivity contribution is 7.88. The van der Waals surface area contributed by atoms with Crippen molar-refractivity contribution in [3.05, 3.63) is 29.8 Å². The average Bonchev–Trinajstić information content (AvgIpc) is 2.63. The quantitative estimate of drug-likeness (QED) is 0.869. The van der Waals surface area contributed by atoms with Gasteiger partial charge in [-0.1, -0.05) is 25.5 Å². The third-order valence-corrected chi connectivity index (χ3v) is 5.93. The minimum atomic E-state index is -3.23. The summed E-state index contributed by atoms with van der Waals surface area (Å²) in [5.74, 6) is 0.719. The highest BCUT2D eigenvalue weighted by atomic mass is 32.2. The van der Waals surface area contributed by atoms with E-state index in [4.69, 9.17) is 5.73 Å². The van der Waals surface area contributed by atoms with E-state index < -0.39 is 10.0 Å². The molecule has 4 nitrogen and oxygen atoms in total. The van der Waals surface area contributed by atoms with Gasteiger partial charge in [0.15, 0.2) is 0 Å². The lowest BCUT2D eigenvalue weighted by Crippen LogP contribution is -2.33. The van der Waals surface area contributed by atoms with E-state index in [-0.39, 0.29) is 5.75 Å². The minimum Gasteiger partial charge on any atom is -0.399 e. The summed E-state index contributed by atoms with van der Waals surface area (Å²) < 4.78 is 26.7. The van der Waals surface area contributed by atoms with Crippen LogP contribution in [0, 0.1) is 5.92 Å². The fourth-order valence-corrected chi connectivity index (χ4v) is 4.38. The Bertz CT molecular complexity index is 543. The maximum absolute atomic E-state index is 12.5. The third-order valence-electron chi connectivity index (χ3n) is 4.08. The maximum Gasteiger partial charge on any atom is 0.218 e. The monoisotopic (exact) mass is 296 g/mol. The molecule has 20 heavy (non-hydrogen) atoms. The van der Waals surface area contributed by atoms with Crippen LogP contribution in [0.15, 0.2) is 24.3 Å². The largest absolute Gasteiger partial charge is 0.399 e. The van der Waals surface area contributed by atoms with Crippen LogP contribution < -0.4 is 5.73 Å². The predicted octanol–water partition coefficient (Wildman–Crippen LogP) is 2.61. The molecule has 0 bridgehead atoms. The number of sulfonamides is 1. The molecule has 0 radical (unpaired) electrons. The Hall–Kier alpha value is -1.07. The molecule has 1 saturated heterocycles. The van der Waals surface area contributed by atoms with Crippen molar-refractivity contribution in [1.29, 1.82) is 0 Å². The van der Waals surface area contributed by atoms with Crippen LogP contribution in [0.25, 0.3) is 0 Å². The van der Waals surface area contributed by atoms with Gasteiger partial charge in [-0.2, -0.15) is 0 Å². The van der Waals surface area contributed by atoms with E-state index in [0.717, 1.165) is 31.2 Å². The number of rotatable bonds is 4. The fourth-order valence-electron chi connectivity index (χ4n) is 2.81. The lowest BCUT2D eigenvalue weighted by atomic mass is 9.98. The Morgan fingerprint density at radius 1 is 1.30 bits per heavy atom. The molecular formula is C15H24N2O2S. The molecule has 1 atom stereocenters. The van der Waals surface area contributed by atoms with Gasteiger partial charge in [0.05, 0.1) is 5.75 Å². The van der Waals surface area contributed by atoms with Crippen molar-refractivity contribution in [2.75, 3.05) is 18.8 Å². The van der Waals surface area contributed by atoms with Gasteiger partial charge in [-0.25, -0.2) is 12.7 Å². The Labute approximate surface area is 122 Å². The topological polar surface area (TPSA) is 63.4 Å². The Kier molecular flexibility index (Phi) is 5.05. The van der Waals surface area contributed by atoms with Gasteiger partial charge in [0, 0.05) is 18.8 Å². The van der Waals surface area contributed by atoms with Gasteiger partial charge >= 0.3 is 0 Å². The van der Waals surface area contributed by atoms with Crippen LogP contribution in [0.2, 0.25) is 0 Å². The number of nitrogens with zero attached hydrogens (tertiary/aromatic N) is 1. The van der Waals surface area contributed by atoms with Crippen LogP contribution in [-0.4, -0.2) is 25.8 Å². The normalized spacial score (nSPS) is 21.6. The fraction of sp³-hybridized carbons (Fsp3) is 0.600. The summed E-state index contributed by atoms with van der Waals surface area (Å²) in [6, 6.07) is 7.13. The molecule has 2 rings (SSSR count). The second-order valence-corrected chi connectivity index (χ2v) is 7.57. The molecular weight excluding hydrogens is 272 g/mol. The van der Waals surface area contributed by atoms with Crippen LogP contribution in [0.4, 0.5) is 5.69 Å². The molecule has 0 aliphatic carbocycles. The van der Waals surface area contributed by atoms with Crippen molar-refractivity contribution in [3.63, 3.8) is 0 Å². The van der Waals surface area contributed by atoms with E-state index in [1.807, 2.05) is 6.07 Å². The summed E-state index contributed by atoms with van der Waals surface area (Å²) in [5.41, 5.74) is 7.08. The molecule has 1 aliphatic heterocycles. The molecule has 1 fully saturated rings. The number of benzene rings is 1. The standard InChI is InChI=1S/C15H24N2O2S/c1-2-13-6-4-9-17(10-8-13)20(18,19)12-14-5-3-7-15(16)11-14/h3,5,7,11,13H,2,4,6,8-10,12,16H2,1H3. The highest BCUT2D eigenvalue weighted by Crippen LogP contribution is 2.23. The summed E-state index contributed by atoms with van der Waals surface area (Å²) in [7, 11) is -3.23. The van der Waals surface area contributed by atoms with E-state index in [1.54, 1.807) is 22.5 Å². The zero-order valence-electron chi connectivity index (χ0n) is 12.1. The average molecular weight is 296 g/mol. The van der Waals surface area contributed by atoms with Gasteiger partial charge in [-0.05, 0) is 42.9 Å². The van der Waals surface area contributed by atoms with Gasteiger partial charge in [0.1, 0.15) is 0 Å². The number of hydrogen-bond donors (Lipinski definition) is 1. The summed E-state index contributed by atoms with van der Waals surface area (Å²) in [6.07, 6.45) is 4.23. The van der Waals surface area contributed by atoms with Crippen molar-refractivity contribution < 1.29 is 8.42 Å². The molecule has 1 aliphatic rings. The van der Waals surface area contributed by atoms with Crippen LogP contribution in [0.5, 0.6) is 0 Å². The number of anilines is 1. The molecule has 112 valence electrons. The van der Waals surface area contributed by atoms with Gasteiger partial charge in [-0.15, -0.1) is 0 Å². The van der Waals surface area contributed by atoms with Gasteiger partial charge in [0.2, 0.25) is 10.0 Å². The van der Waals surface area contributed by atoms with Gasteiger partial charge in [-0.3, -0.25) is 0 Å². The van der Waals surface area contributed by atoms with Crippen LogP contribution in [-0.2, 0) is 15.8 Å². The second kappa shape index (κ2) is 6.59. The summed E-state index contributed by atoms with van der Waals surface area (Å²) >= 11 is 0. The Morgan fingerprint density at radius 2 is 2.10 bits per heavy atom. The summed E-state index contributed by atoms with van der Waals surface area (Å²) in [5, 5.41) is 0. The maximum atomic E-state index is 12.5. The SMILES string of the molecule is CCC1CCCN(S(=O)(=O)Cc2cccc(N)c2)CC1. The lowest BCUT2D eigenvalue weighted by Gasteiger charge is -2.20. The Morgan fingerprint density at radius 3 is 2.80 bits per heavy atom. The zero-order valence-corrected chi connectivity index (χ0v) is 12.9. The molecule has 1 aromatic carbocycles. The van der Waals surface area contributed by atoms with Crippen molar-refractivity contribution in [2.45, 2.75) is 38.4 Å². The highest BCUT2D eigenvalue weighted by Gasteiger charge is 2.25. The minimum absolute atomic E-state index is 0.0504. The molecule has 1 unspecified atom stereocenters. The first-order valence-electron chi connectivity index (χ1n) is 7.33. The molecule has 0 spiro atoms. The molecule has 0 amide bonds. The second-order valence-electron chi connectivity index (χ2n) is 5.61. The molecule has 1 heterocycles. The summed E-state index contributed by atoms with van der Waals surface area (Å²) in [6.45, 7) is 3.49. The summed E-state index contributed by atoms with van der Waals surface area (Å²) in [4.78, 5) is 0. The first-order chi connectivity index (χ1) is 9.51. The molecule has 5 heteroatoms. The molecule has 1 aromatic rings. The van der Waals surface area contributed by atoms with Crippen molar-refractivity contribution in [2.24, 2.45) is 5.92 Å². The predicted molar refractivity (Wildman–Crippen MR) is 82.7 cm³/mol. The first kappa shape index (κ1) is 15.3. The Balaban J connectivity index is 2.06. The van der Waals surface area contributed by atoms with E-state index in [0.29, 0.717) is 24.7 Å².